The van der Waals surface area contributed by atoms with Gasteiger partial charge in [-0.05, 0) is 51.2 Å². The van der Waals surface area contributed by atoms with E-state index < -0.39 is 0 Å². The van der Waals surface area contributed by atoms with Crippen LogP contribution in [0.4, 0.5) is 0 Å². The molecule has 2 nitrogen and oxygen atoms in total. The van der Waals surface area contributed by atoms with Gasteiger partial charge < -0.3 is 9.47 Å². The van der Waals surface area contributed by atoms with Crippen LogP contribution in [0.2, 0.25) is 0 Å². The number of hydrogen-bond acceptors (Lipinski definition) is 2. The molecule has 0 N–H and O–H groups in total. The van der Waals surface area contributed by atoms with Crippen LogP contribution in [0.15, 0.2) is 23.0 Å². The van der Waals surface area contributed by atoms with E-state index in [0.717, 1.165) is 25.4 Å². The van der Waals surface area contributed by atoms with E-state index in [4.69, 9.17) is 9.47 Å². The van der Waals surface area contributed by atoms with Gasteiger partial charge in [-0.25, -0.2) is 0 Å². The fourth-order valence-electron chi connectivity index (χ4n) is 2.68. The zero-order valence-corrected chi connectivity index (χ0v) is 13.7. The lowest BCUT2D eigenvalue weighted by molar-refractivity contribution is 0.143. The summed E-state index contributed by atoms with van der Waals surface area (Å²) in [5.41, 5.74) is 3.08. The van der Waals surface area contributed by atoms with E-state index >= 15 is 0 Å². The van der Waals surface area contributed by atoms with Gasteiger partial charge in [0, 0.05) is 19.6 Å². The summed E-state index contributed by atoms with van der Waals surface area (Å²) in [5, 5.41) is 0. The van der Waals surface area contributed by atoms with Crippen LogP contribution < -0.4 is 0 Å². The van der Waals surface area contributed by atoms with Crippen molar-refractivity contribution in [1.82, 2.24) is 0 Å². The lowest BCUT2D eigenvalue weighted by Crippen LogP contribution is -1.99. The summed E-state index contributed by atoms with van der Waals surface area (Å²) in [6, 6.07) is 0. The van der Waals surface area contributed by atoms with Crippen LogP contribution in [0.5, 0.6) is 0 Å². The third-order valence-electron chi connectivity index (χ3n) is 4.08. The number of allylic oxidation sites excluding steroid dienone is 4. The highest BCUT2D eigenvalue weighted by Crippen LogP contribution is 2.27. The Hall–Kier alpha value is -0.760. The molecule has 0 heterocycles. The van der Waals surface area contributed by atoms with Crippen LogP contribution >= 0.6 is 0 Å². The van der Waals surface area contributed by atoms with Gasteiger partial charge in [-0.1, -0.05) is 31.3 Å². The van der Waals surface area contributed by atoms with Crippen LogP contribution in [0, 0.1) is 0 Å². The largest absolute Gasteiger partial charge is 0.501 e. The Kier molecular flexibility index (Phi) is 9.48. The molecule has 1 aliphatic carbocycles. The lowest BCUT2D eigenvalue weighted by Gasteiger charge is -2.17. The third-order valence-corrected chi connectivity index (χ3v) is 4.08. The van der Waals surface area contributed by atoms with Crippen LogP contribution in [-0.2, 0) is 9.47 Å². The fraction of sp³-hybridized carbons (Fsp3) is 0.778. The normalized spacial score (nSPS) is 15.4. The first kappa shape index (κ1) is 17.3. The molecule has 0 aromatic rings. The molecule has 0 fully saturated rings. The monoisotopic (exact) mass is 280 g/mol. The summed E-state index contributed by atoms with van der Waals surface area (Å²) in [7, 11) is 1.78. The molecular weight excluding hydrogens is 248 g/mol. The van der Waals surface area contributed by atoms with Gasteiger partial charge in [0.1, 0.15) is 0 Å². The molecule has 20 heavy (non-hydrogen) atoms. The molecule has 0 radical (unpaired) electrons. The van der Waals surface area contributed by atoms with E-state index in [0.29, 0.717) is 0 Å². The minimum atomic E-state index is 0.853. The average Bonchev–Trinajstić information content (AvgIpc) is 2.47. The van der Waals surface area contributed by atoms with Gasteiger partial charge in [0.15, 0.2) is 0 Å². The molecule has 116 valence electrons. The van der Waals surface area contributed by atoms with Gasteiger partial charge in [0.2, 0.25) is 0 Å². The molecule has 2 heteroatoms. The molecule has 0 unspecified atom stereocenters. The first-order valence-electron chi connectivity index (χ1n) is 8.28. The summed E-state index contributed by atoms with van der Waals surface area (Å²) >= 11 is 0. The molecule has 1 aliphatic rings. The molecule has 0 saturated carbocycles. The molecule has 0 aromatic carbocycles. The zero-order chi connectivity index (χ0) is 14.6. The Labute approximate surface area is 125 Å². The van der Waals surface area contributed by atoms with Crippen molar-refractivity contribution in [2.24, 2.45) is 0 Å². The second kappa shape index (κ2) is 11.0. The van der Waals surface area contributed by atoms with Crippen molar-refractivity contribution in [1.29, 1.82) is 0 Å². The van der Waals surface area contributed by atoms with E-state index in [-0.39, 0.29) is 0 Å². The Morgan fingerprint density at radius 3 is 2.40 bits per heavy atom. The first-order chi connectivity index (χ1) is 9.77. The van der Waals surface area contributed by atoms with Crippen molar-refractivity contribution < 1.29 is 9.47 Å². The minimum absolute atomic E-state index is 0.853. The van der Waals surface area contributed by atoms with Crippen molar-refractivity contribution in [3.05, 3.63) is 23.0 Å². The highest BCUT2D eigenvalue weighted by atomic mass is 16.5. The third kappa shape index (κ3) is 7.14. The maximum Gasteiger partial charge on any atom is 0.0961 e. The Morgan fingerprint density at radius 1 is 1.00 bits per heavy atom. The predicted octanol–water partition coefficient (Wildman–Crippen LogP) is 5.39. The molecule has 0 spiro atoms. The maximum absolute atomic E-state index is 5.38. The smallest absolute Gasteiger partial charge is 0.0961 e. The number of methoxy groups -OCH3 is 1. The van der Waals surface area contributed by atoms with Crippen LogP contribution in [0.1, 0.15) is 71.6 Å². The second-order valence-corrected chi connectivity index (χ2v) is 5.69. The Bertz CT molecular complexity index is 315. The summed E-state index contributed by atoms with van der Waals surface area (Å²) in [6.07, 6.45) is 13.6. The summed E-state index contributed by atoms with van der Waals surface area (Å²) in [6.45, 7) is 6.12. The molecule has 0 atom stereocenters. The summed E-state index contributed by atoms with van der Waals surface area (Å²) in [4.78, 5) is 0. The highest BCUT2D eigenvalue weighted by molar-refractivity contribution is 5.30. The standard InChI is InChI=1S/C18H32O2/c1-4-20-14-10-8-6-5-7-9-11-17-15-18(19-3)13-12-16(17)2/h15H,4-14H2,1-3H3. The molecular formula is C18H32O2. The number of ether oxygens (including phenoxy) is 2. The Morgan fingerprint density at radius 2 is 1.70 bits per heavy atom. The van der Waals surface area contributed by atoms with Gasteiger partial charge >= 0.3 is 0 Å². The summed E-state index contributed by atoms with van der Waals surface area (Å²) in [5.74, 6) is 1.15. The average molecular weight is 280 g/mol. The molecule has 0 aliphatic heterocycles. The number of rotatable bonds is 11. The first-order valence-corrected chi connectivity index (χ1v) is 8.28. The highest BCUT2D eigenvalue weighted by Gasteiger charge is 2.10. The van der Waals surface area contributed by atoms with E-state index in [1.165, 1.54) is 56.9 Å². The van der Waals surface area contributed by atoms with Gasteiger partial charge in [0.25, 0.3) is 0 Å². The SMILES string of the molecule is CCOCCCCCCCCC1=C(C)CCC(OC)=C1. The van der Waals surface area contributed by atoms with Crippen LogP contribution in [0.3, 0.4) is 0 Å². The number of hydrogen-bond donors (Lipinski definition) is 0. The molecule has 0 bridgehead atoms. The number of unbranched alkanes of at least 4 members (excludes halogenated alkanes) is 5. The van der Waals surface area contributed by atoms with Crippen LogP contribution in [-0.4, -0.2) is 20.3 Å². The Balaban J connectivity index is 2.05. The predicted molar refractivity (Wildman–Crippen MR) is 85.8 cm³/mol. The van der Waals surface area contributed by atoms with Gasteiger partial charge in [-0.3, -0.25) is 0 Å². The molecule has 0 amide bonds. The van der Waals surface area contributed by atoms with Gasteiger partial charge in [-0.15, -0.1) is 0 Å². The minimum Gasteiger partial charge on any atom is -0.501 e. The van der Waals surface area contributed by atoms with E-state index in [1.54, 1.807) is 12.7 Å². The lowest BCUT2D eigenvalue weighted by atomic mass is 9.93. The second-order valence-electron chi connectivity index (χ2n) is 5.69. The maximum atomic E-state index is 5.38. The van der Waals surface area contributed by atoms with Gasteiger partial charge in [-0.2, -0.15) is 0 Å². The van der Waals surface area contributed by atoms with Crippen molar-refractivity contribution in [2.45, 2.75) is 71.6 Å². The van der Waals surface area contributed by atoms with Crippen LogP contribution in [0.25, 0.3) is 0 Å². The molecule has 0 saturated heterocycles. The zero-order valence-electron chi connectivity index (χ0n) is 13.7. The van der Waals surface area contributed by atoms with Crippen molar-refractivity contribution in [2.75, 3.05) is 20.3 Å². The quantitative estimate of drug-likeness (QED) is 0.472. The van der Waals surface area contributed by atoms with Crippen molar-refractivity contribution in [3.63, 3.8) is 0 Å². The van der Waals surface area contributed by atoms with Crippen molar-refractivity contribution in [3.8, 4) is 0 Å². The van der Waals surface area contributed by atoms with E-state index in [9.17, 15) is 0 Å². The van der Waals surface area contributed by atoms with E-state index in [1.807, 2.05) is 0 Å². The molecule has 1 rings (SSSR count). The topological polar surface area (TPSA) is 18.5 Å². The van der Waals surface area contributed by atoms with Gasteiger partial charge in [0.05, 0.1) is 12.9 Å². The fourth-order valence-corrected chi connectivity index (χ4v) is 2.68. The summed E-state index contributed by atoms with van der Waals surface area (Å²) < 4.78 is 10.7. The molecule has 0 aromatic heterocycles. The van der Waals surface area contributed by atoms with Crippen molar-refractivity contribution >= 4 is 0 Å². The van der Waals surface area contributed by atoms with E-state index in [2.05, 4.69) is 19.9 Å².